The van der Waals surface area contributed by atoms with E-state index in [9.17, 15) is 0 Å². The van der Waals surface area contributed by atoms with Crippen molar-refractivity contribution >= 4 is 35.3 Å². The fourth-order valence-corrected chi connectivity index (χ4v) is 1.13. The Bertz CT molecular complexity index is 96.8. The van der Waals surface area contributed by atoms with Crippen molar-refractivity contribution in [3.05, 3.63) is 0 Å². The number of hydrogen-bond donors (Lipinski definition) is 1. The summed E-state index contributed by atoms with van der Waals surface area (Å²) in [5.41, 5.74) is 0. The summed E-state index contributed by atoms with van der Waals surface area (Å²) < 4.78 is 5.02. The van der Waals surface area contributed by atoms with Crippen LogP contribution in [0.5, 0.6) is 0 Å². The standard InChI is InChI=1S/C3H8BIOS/c1-2-3-6-7(4)5/h7H,2-3H2,1H3. The maximum absolute atomic E-state index is 5.31. The van der Waals surface area contributed by atoms with Gasteiger partial charge >= 0.3 is 59.5 Å². The number of hydrogen-bond acceptors (Lipinski definition) is 1. The third-order valence-electron chi connectivity index (χ3n) is 0.419. The second-order valence-corrected chi connectivity index (χ2v) is 4.76. The van der Waals surface area contributed by atoms with Crippen LogP contribution in [0.1, 0.15) is 13.3 Å². The van der Waals surface area contributed by atoms with Crippen LogP contribution in [0.15, 0.2) is 0 Å². The Morgan fingerprint density at radius 1 is 1.86 bits per heavy atom. The van der Waals surface area contributed by atoms with E-state index in [2.05, 4.69) is 28.1 Å². The van der Waals surface area contributed by atoms with Gasteiger partial charge in [0, 0.05) is 0 Å². The quantitative estimate of drug-likeness (QED) is 0.432. The summed E-state index contributed by atoms with van der Waals surface area (Å²) in [6, 6.07) is 0. The third kappa shape index (κ3) is 7.10. The summed E-state index contributed by atoms with van der Waals surface area (Å²) >= 11 is 2.09. The van der Waals surface area contributed by atoms with Crippen molar-refractivity contribution < 1.29 is 4.18 Å². The van der Waals surface area contributed by atoms with E-state index in [0.29, 0.717) is 0 Å². The van der Waals surface area contributed by atoms with E-state index in [1.54, 1.807) is 0 Å². The topological polar surface area (TPSA) is 9.23 Å². The zero-order chi connectivity index (χ0) is 5.70. The Morgan fingerprint density at radius 2 is 2.43 bits per heavy atom. The molecule has 0 spiro atoms. The van der Waals surface area contributed by atoms with Crippen LogP contribution in [0.25, 0.3) is 0 Å². The van der Waals surface area contributed by atoms with Crippen molar-refractivity contribution in [3.8, 4) is 0 Å². The molecule has 0 aromatic rings. The van der Waals surface area contributed by atoms with Gasteiger partial charge in [0.25, 0.3) is 0 Å². The molecule has 4 heteroatoms. The first kappa shape index (κ1) is 8.10. The van der Waals surface area contributed by atoms with Crippen LogP contribution in [-0.4, -0.2) is 13.1 Å². The van der Waals surface area contributed by atoms with Gasteiger partial charge in [-0.2, -0.15) is 0 Å². The van der Waals surface area contributed by atoms with E-state index in [4.69, 9.17) is 10.7 Å². The van der Waals surface area contributed by atoms with Gasteiger partial charge in [-0.15, -0.1) is 0 Å². The molecule has 0 rings (SSSR count). The molecule has 0 N–H and O–H groups in total. The second-order valence-electron chi connectivity index (χ2n) is 1.11. The number of halogens is 1. The number of thiol groups is 1. The van der Waals surface area contributed by atoms with Crippen LogP contribution >= 0.6 is 28.8 Å². The molecule has 0 saturated heterocycles. The van der Waals surface area contributed by atoms with Gasteiger partial charge in [0.1, 0.15) is 0 Å². The van der Waals surface area contributed by atoms with Crippen molar-refractivity contribution in [3.63, 3.8) is 0 Å². The number of rotatable bonds is 2. The van der Waals surface area contributed by atoms with Crippen molar-refractivity contribution in [2.45, 2.75) is 13.3 Å². The van der Waals surface area contributed by atoms with Crippen LogP contribution in [0.4, 0.5) is 0 Å². The van der Waals surface area contributed by atoms with Crippen LogP contribution < -0.4 is 0 Å². The van der Waals surface area contributed by atoms with Gasteiger partial charge in [0.15, 0.2) is 0 Å². The molecular weight excluding hydrogens is 222 g/mol. The van der Waals surface area contributed by atoms with Crippen molar-refractivity contribution in [2.75, 3.05) is 6.61 Å². The Labute approximate surface area is 59.4 Å². The summed E-state index contributed by atoms with van der Waals surface area (Å²) in [5.74, 6) is 0. The molecule has 0 amide bonds. The molecule has 1 unspecified atom stereocenters. The zero-order valence-electron chi connectivity index (χ0n) is 4.22. The molecule has 1 nitrogen and oxygen atoms in total. The molecule has 0 aliphatic rings. The zero-order valence-corrected chi connectivity index (χ0v) is 7.28. The van der Waals surface area contributed by atoms with Crippen LogP contribution in [0.2, 0.25) is 0 Å². The Kier molecular flexibility index (Phi) is 6.07. The molecule has 0 saturated carbocycles. The normalized spacial score (nSPS) is 14.3. The van der Waals surface area contributed by atoms with E-state index in [1.165, 1.54) is 0 Å². The van der Waals surface area contributed by atoms with Gasteiger partial charge in [-0.3, -0.25) is 0 Å². The van der Waals surface area contributed by atoms with Crippen molar-refractivity contribution in [2.24, 2.45) is 0 Å². The fourth-order valence-electron chi connectivity index (χ4n) is 0.178. The molecule has 7 heavy (non-hydrogen) atoms. The summed E-state index contributed by atoms with van der Waals surface area (Å²) in [6.45, 7) is 8.17. The maximum atomic E-state index is 5.31. The molecular formula is C3H8BIOS. The SMILES string of the molecule is B#[SH](I)OCCC. The second kappa shape index (κ2) is 5.25. The van der Waals surface area contributed by atoms with Gasteiger partial charge in [-0.25, -0.2) is 0 Å². The van der Waals surface area contributed by atoms with Crippen molar-refractivity contribution in [1.29, 1.82) is 0 Å². The molecule has 0 aromatic heterocycles. The first-order valence-corrected chi connectivity index (χ1v) is 6.22. The van der Waals surface area contributed by atoms with Crippen LogP contribution in [0.3, 0.4) is 0 Å². The van der Waals surface area contributed by atoms with Gasteiger partial charge < -0.3 is 0 Å². The molecule has 0 bridgehead atoms. The summed E-state index contributed by atoms with van der Waals surface area (Å²) in [6.07, 6.45) is 1.05. The average molecular weight is 230 g/mol. The molecule has 0 heterocycles. The summed E-state index contributed by atoms with van der Waals surface area (Å²) in [4.78, 5) is 0. The minimum atomic E-state index is -0.636. The Balaban J connectivity index is 2.88. The van der Waals surface area contributed by atoms with E-state index in [0.717, 1.165) is 13.0 Å². The molecule has 0 aliphatic heterocycles. The van der Waals surface area contributed by atoms with Crippen LogP contribution in [-0.2, 0) is 4.18 Å². The van der Waals surface area contributed by atoms with E-state index < -0.39 is 7.58 Å². The molecule has 0 fully saturated rings. The van der Waals surface area contributed by atoms with Gasteiger partial charge in [-0.05, 0) is 0 Å². The Morgan fingerprint density at radius 3 is 2.57 bits per heavy atom. The molecule has 1 atom stereocenters. The Hall–Kier alpha value is 1.10. The first-order chi connectivity index (χ1) is 3.27. The molecule has 42 valence electrons. The van der Waals surface area contributed by atoms with Gasteiger partial charge in [0.05, 0.1) is 0 Å². The fraction of sp³-hybridized carbons (Fsp3) is 1.00. The van der Waals surface area contributed by atoms with E-state index in [1.807, 2.05) is 0 Å². The predicted octanol–water partition coefficient (Wildman–Crippen LogP) is 1.76. The summed E-state index contributed by atoms with van der Waals surface area (Å²) in [5, 5.41) is 0. The van der Waals surface area contributed by atoms with E-state index in [-0.39, 0.29) is 0 Å². The molecule has 0 aliphatic carbocycles. The first-order valence-electron chi connectivity index (χ1n) is 2.11. The third-order valence-corrected chi connectivity index (χ3v) is 1.68. The van der Waals surface area contributed by atoms with Gasteiger partial charge in [-0.1, -0.05) is 0 Å². The minimum absolute atomic E-state index is 0.636. The van der Waals surface area contributed by atoms with E-state index >= 15 is 0 Å². The van der Waals surface area contributed by atoms with Crippen LogP contribution in [0, 0.1) is 0 Å². The van der Waals surface area contributed by atoms with Gasteiger partial charge in [0.2, 0.25) is 0 Å². The average Bonchev–Trinajstić information content (AvgIpc) is 1.61. The van der Waals surface area contributed by atoms with Crippen molar-refractivity contribution in [1.82, 2.24) is 0 Å². The summed E-state index contributed by atoms with van der Waals surface area (Å²) in [7, 11) is -0.636. The predicted molar refractivity (Wildman–Crippen MR) is 45.0 cm³/mol. The monoisotopic (exact) mass is 230 g/mol. The molecule has 0 radical (unpaired) electrons. The molecule has 0 aromatic carbocycles.